The van der Waals surface area contributed by atoms with Crippen molar-refractivity contribution in [3.05, 3.63) is 57.0 Å². The third-order valence-electron chi connectivity index (χ3n) is 2.82. The standard InChI is InChI=1S/C14H10BrClN2/c15-13-4-9-7-17-8-10(9)5-14(13)18-12-3-1-2-11(16)6-12/h1-6,8,18H,7H2. The molecule has 0 amide bonds. The molecule has 3 rings (SSSR count). The largest absolute Gasteiger partial charge is 0.355 e. The summed E-state index contributed by atoms with van der Waals surface area (Å²) in [6, 6.07) is 11.9. The molecule has 0 unspecified atom stereocenters. The van der Waals surface area contributed by atoms with Gasteiger partial charge < -0.3 is 5.32 Å². The van der Waals surface area contributed by atoms with Crippen LogP contribution in [0.1, 0.15) is 11.1 Å². The summed E-state index contributed by atoms with van der Waals surface area (Å²) in [5.74, 6) is 0. The molecule has 1 aliphatic rings. The van der Waals surface area contributed by atoms with Gasteiger partial charge in [0.1, 0.15) is 0 Å². The van der Waals surface area contributed by atoms with Gasteiger partial charge in [-0.25, -0.2) is 0 Å². The maximum absolute atomic E-state index is 5.97. The first-order valence-corrected chi connectivity index (χ1v) is 6.74. The van der Waals surface area contributed by atoms with Gasteiger partial charge in [0.05, 0.1) is 12.2 Å². The SMILES string of the molecule is Clc1cccc(Nc2cc3c(cc2Br)CN=C3)c1. The maximum atomic E-state index is 5.97. The molecule has 0 fully saturated rings. The molecular formula is C14H10BrClN2. The Bertz CT molecular complexity index is 638. The van der Waals surface area contributed by atoms with Gasteiger partial charge in [-0.1, -0.05) is 17.7 Å². The van der Waals surface area contributed by atoms with Crippen LogP contribution >= 0.6 is 27.5 Å². The van der Waals surface area contributed by atoms with Gasteiger partial charge in [-0.2, -0.15) is 0 Å². The predicted octanol–water partition coefficient (Wildman–Crippen LogP) is 4.78. The van der Waals surface area contributed by atoms with Gasteiger partial charge in [0.25, 0.3) is 0 Å². The zero-order valence-electron chi connectivity index (χ0n) is 9.45. The van der Waals surface area contributed by atoms with Crippen LogP contribution in [0.15, 0.2) is 45.9 Å². The normalized spacial score (nSPS) is 12.6. The van der Waals surface area contributed by atoms with Gasteiger partial charge in [0, 0.05) is 21.4 Å². The molecule has 2 aromatic rings. The minimum absolute atomic E-state index is 0.721. The Morgan fingerprint density at radius 3 is 2.94 bits per heavy atom. The number of anilines is 2. The summed E-state index contributed by atoms with van der Waals surface area (Å²) in [5, 5.41) is 4.07. The number of fused-ring (bicyclic) bond motifs is 1. The summed E-state index contributed by atoms with van der Waals surface area (Å²) in [7, 11) is 0. The maximum Gasteiger partial charge on any atom is 0.0646 e. The van der Waals surface area contributed by atoms with Gasteiger partial charge in [-0.15, -0.1) is 0 Å². The zero-order chi connectivity index (χ0) is 12.5. The monoisotopic (exact) mass is 320 g/mol. The molecule has 4 heteroatoms. The highest BCUT2D eigenvalue weighted by Gasteiger charge is 2.10. The lowest BCUT2D eigenvalue weighted by molar-refractivity contribution is 1.11. The van der Waals surface area contributed by atoms with Crippen LogP contribution in [0.4, 0.5) is 11.4 Å². The Hall–Kier alpha value is -1.32. The number of aliphatic imine (C=N–C) groups is 1. The first kappa shape index (κ1) is 11.8. The van der Waals surface area contributed by atoms with Gasteiger partial charge in [-0.05, 0) is 57.4 Å². The van der Waals surface area contributed by atoms with E-state index in [1.807, 2.05) is 30.5 Å². The molecule has 0 aromatic heterocycles. The van der Waals surface area contributed by atoms with Gasteiger partial charge in [0.2, 0.25) is 0 Å². The van der Waals surface area contributed by atoms with Crippen LogP contribution in [0.5, 0.6) is 0 Å². The molecule has 0 saturated heterocycles. The average molecular weight is 322 g/mol. The fourth-order valence-electron chi connectivity index (χ4n) is 1.95. The quantitative estimate of drug-likeness (QED) is 0.846. The number of rotatable bonds is 2. The molecule has 0 saturated carbocycles. The number of nitrogens with one attached hydrogen (secondary N) is 1. The summed E-state index contributed by atoms with van der Waals surface area (Å²) >= 11 is 9.55. The van der Waals surface area contributed by atoms with Crippen LogP contribution in [0.25, 0.3) is 0 Å². The van der Waals surface area contributed by atoms with Gasteiger partial charge >= 0.3 is 0 Å². The minimum Gasteiger partial charge on any atom is -0.355 e. The summed E-state index contributed by atoms with van der Waals surface area (Å²) in [5.41, 5.74) is 4.41. The molecule has 2 nitrogen and oxygen atoms in total. The molecule has 0 bridgehead atoms. The number of nitrogens with zero attached hydrogens (tertiary/aromatic N) is 1. The summed E-state index contributed by atoms with van der Waals surface area (Å²) in [6.45, 7) is 0.769. The minimum atomic E-state index is 0.721. The molecule has 2 aromatic carbocycles. The van der Waals surface area contributed by atoms with Crippen LogP contribution in [0.2, 0.25) is 5.02 Å². The highest BCUT2D eigenvalue weighted by Crippen LogP contribution is 2.31. The fraction of sp³-hybridized carbons (Fsp3) is 0.0714. The molecule has 0 spiro atoms. The number of hydrogen-bond donors (Lipinski definition) is 1. The molecule has 90 valence electrons. The lowest BCUT2D eigenvalue weighted by atomic mass is 10.1. The molecule has 0 aliphatic carbocycles. The summed E-state index contributed by atoms with van der Waals surface area (Å²) in [6.07, 6.45) is 1.91. The number of hydrogen-bond acceptors (Lipinski definition) is 2. The van der Waals surface area contributed by atoms with Crippen molar-refractivity contribution >= 4 is 45.1 Å². The molecule has 1 heterocycles. The molecular weight excluding hydrogens is 312 g/mol. The molecule has 1 N–H and O–H groups in total. The zero-order valence-corrected chi connectivity index (χ0v) is 11.8. The van der Waals surface area contributed by atoms with E-state index in [1.165, 1.54) is 11.1 Å². The first-order chi connectivity index (χ1) is 8.72. The van der Waals surface area contributed by atoms with Crippen molar-refractivity contribution in [3.63, 3.8) is 0 Å². The van der Waals surface area contributed by atoms with Crippen LogP contribution < -0.4 is 5.32 Å². The van der Waals surface area contributed by atoms with Crippen LogP contribution in [-0.2, 0) is 6.54 Å². The predicted molar refractivity (Wildman–Crippen MR) is 80.2 cm³/mol. The molecule has 18 heavy (non-hydrogen) atoms. The number of benzene rings is 2. The summed E-state index contributed by atoms with van der Waals surface area (Å²) in [4.78, 5) is 4.26. The summed E-state index contributed by atoms with van der Waals surface area (Å²) < 4.78 is 1.03. The third-order valence-corrected chi connectivity index (χ3v) is 3.72. The second-order valence-electron chi connectivity index (χ2n) is 4.14. The van der Waals surface area contributed by atoms with E-state index in [1.54, 1.807) is 0 Å². The second kappa shape index (κ2) is 4.75. The third kappa shape index (κ3) is 2.28. The van der Waals surface area contributed by atoms with Crippen molar-refractivity contribution < 1.29 is 0 Å². The molecule has 0 radical (unpaired) electrons. The van der Waals surface area contributed by atoms with E-state index in [0.29, 0.717) is 0 Å². The Balaban J connectivity index is 1.95. The number of halogens is 2. The first-order valence-electron chi connectivity index (χ1n) is 5.57. The van der Waals surface area contributed by atoms with Gasteiger partial charge in [0.15, 0.2) is 0 Å². The fourth-order valence-corrected chi connectivity index (χ4v) is 2.63. The van der Waals surface area contributed by atoms with E-state index in [0.717, 1.165) is 27.4 Å². The topological polar surface area (TPSA) is 24.4 Å². The van der Waals surface area contributed by atoms with E-state index in [4.69, 9.17) is 11.6 Å². The Morgan fingerprint density at radius 1 is 1.22 bits per heavy atom. The van der Waals surface area contributed by atoms with E-state index in [9.17, 15) is 0 Å². The van der Waals surface area contributed by atoms with Crippen LogP contribution in [0, 0.1) is 0 Å². The highest BCUT2D eigenvalue weighted by atomic mass is 79.9. The lowest BCUT2D eigenvalue weighted by Gasteiger charge is -2.10. The highest BCUT2D eigenvalue weighted by molar-refractivity contribution is 9.10. The molecule has 1 aliphatic heterocycles. The second-order valence-corrected chi connectivity index (χ2v) is 5.43. The van der Waals surface area contributed by atoms with Crippen LogP contribution in [-0.4, -0.2) is 6.21 Å². The van der Waals surface area contributed by atoms with Gasteiger partial charge in [-0.3, -0.25) is 4.99 Å². The van der Waals surface area contributed by atoms with E-state index < -0.39 is 0 Å². The Kier molecular flexibility index (Phi) is 3.10. The van der Waals surface area contributed by atoms with Crippen molar-refractivity contribution in [3.8, 4) is 0 Å². The average Bonchev–Trinajstić information content (AvgIpc) is 2.76. The van der Waals surface area contributed by atoms with Crippen molar-refractivity contribution in [1.29, 1.82) is 0 Å². The Labute approximate surface area is 119 Å². The smallest absolute Gasteiger partial charge is 0.0646 e. The Morgan fingerprint density at radius 2 is 2.11 bits per heavy atom. The van der Waals surface area contributed by atoms with E-state index in [-0.39, 0.29) is 0 Å². The van der Waals surface area contributed by atoms with Crippen molar-refractivity contribution in [2.24, 2.45) is 4.99 Å². The van der Waals surface area contributed by atoms with E-state index >= 15 is 0 Å². The van der Waals surface area contributed by atoms with Crippen LogP contribution in [0.3, 0.4) is 0 Å². The van der Waals surface area contributed by atoms with Crippen molar-refractivity contribution in [1.82, 2.24) is 0 Å². The lowest BCUT2D eigenvalue weighted by Crippen LogP contribution is -1.94. The van der Waals surface area contributed by atoms with Crippen molar-refractivity contribution in [2.75, 3.05) is 5.32 Å². The van der Waals surface area contributed by atoms with Crippen molar-refractivity contribution in [2.45, 2.75) is 6.54 Å². The molecule has 0 atom stereocenters. The van der Waals surface area contributed by atoms with E-state index in [2.05, 4.69) is 38.4 Å².